The lowest BCUT2D eigenvalue weighted by molar-refractivity contribution is 0.0938. The number of benzene rings is 1. The molecular formula is C20H28N6O3. The monoisotopic (exact) mass is 400 g/mol. The van der Waals surface area contributed by atoms with E-state index in [9.17, 15) is 9.59 Å². The summed E-state index contributed by atoms with van der Waals surface area (Å²) in [6.07, 6.45) is 6.64. The van der Waals surface area contributed by atoms with Crippen molar-refractivity contribution in [2.75, 3.05) is 19.7 Å². The minimum absolute atomic E-state index is 0.0575. The van der Waals surface area contributed by atoms with Crippen LogP contribution in [0.5, 0.6) is 0 Å². The second-order valence-corrected chi connectivity index (χ2v) is 7.74. The van der Waals surface area contributed by atoms with Crippen LogP contribution in [0.4, 0.5) is 4.79 Å². The van der Waals surface area contributed by atoms with Crippen molar-refractivity contribution < 1.29 is 14.3 Å². The van der Waals surface area contributed by atoms with Gasteiger partial charge in [0.2, 0.25) is 0 Å². The van der Waals surface area contributed by atoms with E-state index >= 15 is 0 Å². The fourth-order valence-corrected chi connectivity index (χ4v) is 3.97. The number of ether oxygens (including phenoxy) is 1. The molecule has 1 aliphatic heterocycles. The van der Waals surface area contributed by atoms with Crippen molar-refractivity contribution >= 4 is 23.0 Å². The number of carbonyl (C=O) groups is 2. The van der Waals surface area contributed by atoms with E-state index in [1.165, 1.54) is 12.8 Å². The predicted molar refractivity (Wildman–Crippen MR) is 108 cm³/mol. The Morgan fingerprint density at radius 3 is 2.79 bits per heavy atom. The zero-order valence-electron chi connectivity index (χ0n) is 16.5. The van der Waals surface area contributed by atoms with Crippen LogP contribution in [-0.2, 0) is 11.3 Å². The summed E-state index contributed by atoms with van der Waals surface area (Å²) in [6, 6.07) is 5.50. The molecule has 9 nitrogen and oxygen atoms in total. The number of aromatic nitrogens is 3. The van der Waals surface area contributed by atoms with Crippen LogP contribution in [0.25, 0.3) is 11.0 Å². The van der Waals surface area contributed by atoms with Crippen LogP contribution in [0, 0.1) is 0 Å². The molecule has 0 radical (unpaired) electrons. The SMILES string of the molecule is O=C(NCCn1nnc2cc(C(=O)NC3CCCC3)ccc21)NC[C@@H]1CCCO1. The van der Waals surface area contributed by atoms with Gasteiger partial charge in [-0.1, -0.05) is 18.1 Å². The average Bonchev–Trinajstić information content (AvgIpc) is 3.48. The van der Waals surface area contributed by atoms with Gasteiger partial charge in [-0.25, -0.2) is 9.48 Å². The van der Waals surface area contributed by atoms with Crippen LogP contribution in [0.1, 0.15) is 48.9 Å². The summed E-state index contributed by atoms with van der Waals surface area (Å²) in [7, 11) is 0. The minimum Gasteiger partial charge on any atom is -0.376 e. The summed E-state index contributed by atoms with van der Waals surface area (Å²) in [4.78, 5) is 24.3. The number of hydrogen-bond acceptors (Lipinski definition) is 5. The number of urea groups is 1. The van der Waals surface area contributed by atoms with Crippen molar-refractivity contribution in [3.8, 4) is 0 Å². The topological polar surface area (TPSA) is 110 Å². The molecule has 1 saturated heterocycles. The highest BCUT2D eigenvalue weighted by molar-refractivity contribution is 5.97. The average molecular weight is 400 g/mol. The molecule has 156 valence electrons. The Balaban J connectivity index is 1.27. The maximum absolute atomic E-state index is 12.4. The van der Waals surface area contributed by atoms with Crippen LogP contribution in [0.3, 0.4) is 0 Å². The Hall–Kier alpha value is -2.68. The van der Waals surface area contributed by atoms with E-state index in [1.54, 1.807) is 16.8 Å². The molecule has 1 atom stereocenters. The first-order chi connectivity index (χ1) is 14.2. The third-order valence-corrected chi connectivity index (χ3v) is 5.59. The van der Waals surface area contributed by atoms with Crippen molar-refractivity contribution in [3.05, 3.63) is 23.8 Å². The maximum atomic E-state index is 12.4. The molecule has 0 spiro atoms. The van der Waals surface area contributed by atoms with Crippen molar-refractivity contribution in [2.45, 2.75) is 57.2 Å². The summed E-state index contributed by atoms with van der Waals surface area (Å²) in [5.74, 6) is -0.0575. The molecule has 2 aromatic rings. The normalized spacial score (nSPS) is 19.5. The number of nitrogens with one attached hydrogen (secondary N) is 3. The molecule has 29 heavy (non-hydrogen) atoms. The highest BCUT2D eigenvalue weighted by atomic mass is 16.5. The highest BCUT2D eigenvalue weighted by Crippen LogP contribution is 2.19. The first kappa shape index (κ1) is 19.6. The van der Waals surface area contributed by atoms with Gasteiger partial charge in [-0.05, 0) is 43.9 Å². The second kappa shape index (κ2) is 9.21. The quantitative estimate of drug-likeness (QED) is 0.654. The van der Waals surface area contributed by atoms with Crippen LogP contribution in [-0.4, -0.2) is 58.8 Å². The molecule has 9 heteroatoms. The van der Waals surface area contributed by atoms with Crippen LogP contribution in [0.2, 0.25) is 0 Å². The lowest BCUT2D eigenvalue weighted by Gasteiger charge is -2.12. The van der Waals surface area contributed by atoms with E-state index in [0.717, 1.165) is 37.8 Å². The molecule has 2 fully saturated rings. The lowest BCUT2D eigenvalue weighted by Crippen LogP contribution is -2.40. The first-order valence-corrected chi connectivity index (χ1v) is 10.5. The van der Waals surface area contributed by atoms with Gasteiger partial charge >= 0.3 is 6.03 Å². The number of nitrogens with zero attached hydrogens (tertiary/aromatic N) is 3. The Labute approximate surface area is 169 Å². The van der Waals surface area contributed by atoms with E-state index in [1.807, 2.05) is 6.07 Å². The van der Waals surface area contributed by atoms with Gasteiger partial charge in [-0.2, -0.15) is 0 Å². The summed E-state index contributed by atoms with van der Waals surface area (Å²) >= 11 is 0. The van der Waals surface area contributed by atoms with Gasteiger partial charge in [-0.15, -0.1) is 5.10 Å². The number of hydrogen-bond donors (Lipinski definition) is 3. The molecule has 1 aromatic carbocycles. The molecule has 1 aromatic heterocycles. The van der Waals surface area contributed by atoms with Gasteiger partial charge in [0.15, 0.2) is 0 Å². The van der Waals surface area contributed by atoms with Crippen LogP contribution >= 0.6 is 0 Å². The highest BCUT2D eigenvalue weighted by Gasteiger charge is 2.19. The van der Waals surface area contributed by atoms with Crippen molar-refractivity contribution in [2.24, 2.45) is 0 Å². The molecule has 2 aliphatic rings. The molecule has 4 rings (SSSR count). The molecule has 3 amide bonds. The number of amides is 3. The fourth-order valence-electron chi connectivity index (χ4n) is 3.97. The molecular weight excluding hydrogens is 372 g/mol. The molecule has 0 bridgehead atoms. The Kier molecular flexibility index (Phi) is 6.24. The van der Waals surface area contributed by atoms with Gasteiger partial charge in [0.1, 0.15) is 5.52 Å². The Morgan fingerprint density at radius 1 is 1.14 bits per heavy atom. The molecule has 1 saturated carbocycles. The van der Waals surface area contributed by atoms with E-state index in [-0.39, 0.29) is 24.1 Å². The maximum Gasteiger partial charge on any atom is 0.314 e. The predicted octanol–water partition coefficient (Wildman–Crippen LogP) is 1.58. The zero-order valence-corrected chi connectivity index (χ0v) is 16.5. The van der Waals surface area contributed by atoms with E-state index in [2.05, 4.69) is 26.3 Å². The van der Waals surface area contributed by atoms with E-state index in [4.69, 9.17) is 4.74 Å². The van der Waals surface area contributed by atoms with Crippen molar-refractivity contribution in [3.63, 3.8) is 0 Å². The van der Waals surface area contributed by atoms with Gasteiger partial charge < -0.3 is 20.7 Å². The van der Waals surface area contributed by atoms with E-state index < -0.39 is 0 Å². The largest absolute Gasteiger partial charge is 0.376 e. The third-order valence-electron chi connectivity index (χ3n) is 5.59. The standard InChI is InChI=1S/C20H28N6O3/c27-19(23-15-4-1-2-5-15)14-7-8-18-17(12-14)24-25-26(18)10-9-21-20(28)22-13-16-6-3-11-29-16/h7-8,12,15-16H,1-6,9-11,13H2,(H,23,27)(H2,21,22,28)/t16-/m0/s1. The molecule has 2 heterocycles. The van der Waals surface area contributed by atoms with Gasteiger partial charge in [-0.3, -0.25) is 4.79 Å². The van der Waals surface area contributed by atoms with Crippen LogP contribution in [0.15, 0.2) is 18.2 Å². The van der Waals surface area contributed by atoms with Gasteiger partial charge in [0, 0.05) is 31.3 Å². The number of fused-ring (bicyclic) bond motifs is 1. The lowest BCUT2D eigenvalue weighted by atomic mass is 10.1. The van der Waals surface area contributed by atoms with Gasteiger partial charge in [0.05, 0.1) is 18.2 Å². The summed E-state index contributed by atoms with van der Waals surface area (Å²) in [5, 5.41) is 17.1. The van der Waals surface area contributed by atoms with Crippen molar-refractivity contribution in [1.29, 1.82) is 0 Å². The smallest absolute Gasteiger partial charge is 0.314 e. The second-order valence-electron chi connectivity index (χ2n) is 7.74. The van der Waals surface area contributed by atoms with Crippen LogP contribution < -0.4 is 16.0 Å². The third kappa shape index (κ3) is 5.03. The minimum atomic E-state index is -0.212. The van der Waals surface area contributed by atoms with Gasteiger partial charge in [0.25, 0.3) is 5.91 Å². The van der Waals surface area contributed by atoms with E-state index in [0.29, 0.717) is 30.7 Å². The molecule has 1 aliphatic carbocycles. The fraction of sp³-hybridized carbons (Fsp3) is 0.600. The first-order valence-electron chi connectivity index (χ1n) is 10.5. The van der Waals surface area contributed by atoms with Crippen molar-refractivity contribution in [1.82, 2.24) is 30.9 Å². The molecule has 3 N–H and O–H groups in total. The summed E-state index contributed by atoms with van der Waals surface area (Å²) in [6.45, 7) is 2.23. The zero-order chi connectivity index (χ0) is 20.1. The number of rotatable bonds is 7. The molecule has 0 unspecified atom stereocenters. The Bertz CT molecular complexity index is 855. The number of carbonyl (C=O) groups excluding carboxylic acids is 2. The Morgan fingerprint density at radius 2 is 2.00 bits per heavy atom. The summed E-state index contributed by atoms with van der Waals surface area (Å²) < 4.78 is 7.22. The summed E-state index contributed by atoms with van der Waals surface area (Å²) in [5.41, 5.74) is 2.11.